The molecule has 1 saturated carbocycles. The Balaban J connectivity index is 2.26. The van der Waals surface area contributed by atoms with Crippen molar-refractivity contribution in [3.05, 3.63) is 5.92 Å². The highest BCUT2D eigenvalue weighted by molar-refractivity contribution is 4.92. The van der Waals surface area contributed by atoms with Gasteiger partial charge in [0.2, 0.25) is 0 Å². The molecule has 1 aliphatic rings. The maximum Gasteiger partial charge on any atom is -0.0650 e. The van der Waals surface area contributed by atoms with Crippen molar-refractivity contribution in [3.63, 3.8) is 0 Å². The van der Waals surface area contributed by atoms with Crippen LogP contribution < -0.4 is 0 Å². The normalized spacial score (nSPS) is 34.3. The molecule has 0 heterocycles. The lowest BCUT2D eigenvalue weighted by atomic mass is 10.1. The highest BCUT2D eigenvalue weighted by Gasteiger charge is 2.04. The second-order valence-corrected chi connectivity index (χ2v) is 2.81. The van der Waals surface area contributed by atoms with Crippen molar-refractivity contribution < 1.29 is 0 Å². The Hall–Kier alpha value is 0. The van der Waals surface area contributed by atoms with E-state index in [9.17, 15) is 0 Å². The van der Waals surface area contributed by atoms with Crippen molar-refractivity contribution in [1.82, 2.24) is 0 Å². The molecule has 0 aromatic rings. The predicted molar refractivity (Wildman–Crippen MR) is 31.9 cm³/mol. The third-order valence-electron chi connectivity index (χ3n) is 1.76. The van der Waals surface area contributed by atoms with Crippen molar-refractivity contribution in [2.45, 2.75) is 33.1 Å². The van der Waals surface area contributed by atoms with Crippen LogP contribution in [0.25, 0.3) is 0 Å². The van der Waals surface area contributed by atoms with Crippen LogP contribution in [0.15, 0.2) is 0 Å². The topological polar surface area (TPSA) is 0 Å². The van der Waals surface area contributed by atoms with Gasteiger partial charge in [-0.1, -0.05) is 19.3 Å². The van der Waals surface area contributed by atoms with Crippen LogP contribution in [0.1, 0.15) is 33.1 Å². The molecule has 0 N–H and O–H groups in total. The SMILES string of the molecule is C[C-]1CCC(C)C1. The van der Waals surface area contributed by atoms with Crippen LogP contribution in [0.3, 0.4) is 0 Å². The summed E-state index contributed by atoms with van der Waals surface area (Å²) in [5.41, 5.74) is 0. The summed E-state index contributed by atoms with van der Waals surface area (Å²) in [5, 5.41) is 0. The van der Waals surface area contributed by atoms with Crippen molar-refractivity contribution >= 4 is 0 Å². The smallest absolute Gasteiger partial charge is 0.0650 e. The first-order valence-electron chi connectivity index (χ1n) is 3.10. The molecule has 7 heavy (non-hydrogen) atoms. The average molecular weight is 97.2 g/mol. The molecule has 0 aromatic carbocycles. The van der Waals surface area contributed by atoms with Crippen LogP contribution in [0.4, 0.5) is 0 Å². The van der Waals surface area contributed by atoms with Gasteiger partial charge in [0.1, 0.15) is 0 Å². The molecule has 0 spiro atoms. The number of rotatable bonds is 0. The zero-order valence-electron chi connectivity index (χ0n) is 5.20. The summed E-state index contributed by atoms with van der Waals surface area (Å²) in [5.74, 6) is 2.69. The third-order valence-corrected chi connectivity index (χ3v) is 1.76. The van der Waals surface area contributed by atoms with Gasteiger partial charge in [-0.15, -0.1) is 0 Å². The zero-order chi connectivity index (χ0) is 5.28. The van der Waals surface area contributed by atoms with E-state index in [0.717, 1.165) is 5.92 Å². The molecule has 1 rings (SSSR count). The van der Waals surface area contributed by atoms with Crippen molar-refractivity contribution in [2.75, 3.05) is 0 Å². The first kappa shape index (κ1) is 5.14. The summed E-state index contributed by atoms with van der Waals surface area (Å²) < 4.78 is 0. The van der Waals surface area contributed by atoms with Crippen LogP contribution in [0.2, 0.25) is 0 Å². The van der Waals surface area contributed by atoms with Crippen molar-refractivity contribution in [3.8, 4) is 0 Å². The quantitative estimate of drug-likeness (QED) is 0.407. The fraction of sp³-hybridized carbons (Fsp3) is 0.857. The summed E-state index contributed by atoms with van der Waals surface area (Å²) in [6, 6.07) is 0. The molecular formula is C7H13-. The second-order valence-electron chi connectivity index (χ2n) is 2.81. The van der Waals surface area contributed by atoms with Crippen LogP contribution in [0.5, 0.6) is 0 Å². The Labute approximate surface area is 45.9 Å². The minimum Gasteiger partial charge on any atom is -0.316 e. The molecule has 0 amide bonds. The van der Waals surface area contributed by atoms with Gasteiger partial charge >= 0.3 is 0 Å². The molecule has 0 aromatic heterocycles. The largest absolute Gasteiger partial charge is 0.316 e. The molecule has 42 valence electrons. The first-order chi connectivity index (χ1) is 3.29. The van der Waals surface area contributed by atoms with Gasteiger partial charge in [0.25, 0.3) is 0 Å². The third kappa shape index (κ3) is 1.19. The lowest BCUT2D eigenvalue weighted by Crippen LogP contribution is -1.82. The molecule has 1 atom stereocenters. The summed E-state index contributed by atoms with van der Waals surface area (Å²) in [6.07, 6.45) is 4.22. The summed E-state index contributed by atoms with van der Waals surface area (Å²) >= 11 is 0. The standard InChI is InChI=1S/C7H13/c1-6-3-4-7(2)5-6/h6H,3-5H2,1-2H3/q-1. The maximum absolute atomic E-state index is 2.33. The fourth-order valence-corrected chi connectivity index (χ4v) is 1.29. The Morgan fingerprint density at radius 3 is 2.43 bits per heavy atom. The van der Waals surface area contributed by atoms with Gasteiger partial charge in [0, 0.05) is 0 Å². The predicted octanol–water partition coefficient (Wildman–Crippen LogP) is 2.40. The summed E-state index contributed by atoms with van der Waals surface area (Å²) in [4.78, 5) is 0. The van der Waals surface area contributed by atoms with Crippen molar-refractivity contribution in [2.24, 2.45) is 5.92 Å². The van der Waals surface area contributed by atoms with Crippen LogP contribution in [-0.4, -0.2) is 0 Å². The first-order valence-corrected chi connectivity index (χ1v) is 3.10. The van der Waals surface area contributed by atoms with E-state index >= 15 is 0 Å². The Bertz CT molecular complexity index is 49.1. The van der Waals surface area contributed by atoms with E-state index in [1.54, 1.807) is 5.92 Å². The van der Waals surface area contributed by atoms with Crippen LogP contribution >= 0.6 is 0 Å². The fourth-order valence-electron chi connectivity index (χ4n) is 1.29. The average Bonchev–Trinajstić information content (AvgIpc) is 1.87. The van der Waals surface area contributed by atoms with E-state index in [0.29, 0.717) is 0 Å². The minimum absolute atomic E-state index is 0.986. The number of hydrogen-bond donors (Lipinski definition) is 0. The van der Waals surface area contributed by atoms with E-state index in [1.165, 1.54) is 19.3 Å². The van der Waals surface area contributed by atoms with Gasteiger partial charge in [0.15, 0.2) is 0 Å². The minimum atomic E-state index is 0.986. The van der Waals surface area contributed by atoms with Gasteiger partial charge in [-0.05, 0) is 0 Å². The highest BCUT2D eigenvalue weighted by atomic mass is 14.2. The van der Waals surface area contributed by atoms with Gasteiger partial charge < -0.3 is 5.92 Å². The lowest BCUT2D eigenvalue weighted by molar-refractivity contribution is 0.616. The zero-order valence-corrected chi connectivity index (χ0v) is 5.20. The lowest BCUT2D eigenvalue weighted by Gasteiger charge is -2.12. The van der Waals surface area contributed by atoms with E-state index < -0.39 is 0 Å². The second kappa shape index (κ2) is 1.85. The van der Waals surface area contributed by atoms with Crippen LogP contribution in [0, 0.1) is 11.8 Å². The maximum atomic E-state index is 2.33. The van der Waals surface area contributed by atoms with E-state index in [1.807, 2.05) is 0 Å². The monoisotopic (exact) mass is 97.1 g/mol. The Kier molecular flexibility index (Phi) is 1.36. The molecule has 0 heteroatoms. The van der Waals surface area contributed by atoms with E-state index in [4.69, 9.17) is 0 Å². The van der Waals surface area contributed by atoms with Crippen molar-refractivity contribution in [1.29, 1.82) is 0 Å². The Morgan fingerprint density at radius 2 is 2.29 bits per heavy atom. The van der Waals surface area contributed by atoms with Crippen LogP contribution in [-0.2, 0) is 0 Å². The molecule has 1 unspecified atom stereocenters. The molecule has 1 aliphatic carbocycles. The van der Waals surface area contributed by atoms with Gasteiger partial charge in [0.05, 0.1) is 0 Å². The molecule has 1 fully saturated rings. The molecule has 0 bridgehead atoms. The molecule has 0 saturated heterocycles. The molecule has 0 radical (unpaired) electrons. The van der Waals surface area contributed by atoms with Gasteiger partial charge in [-0.25, -0.2) is 0 Å². The Morgan fingerprint density at radius 1 is 1.57 bits per heavy atom. The van der Waals surface area contributed by atoms with Gasteiger partial charge in [-0.2, -0.15) is 19.8 Å². The van der Waals surface area contributed by atoms with Gasteiger partial charge in [-0.3, -0.25) is 0 Å². The van der Waals surface area contributed by atoms with E-state index in [2.05, 4.69) is 13.8 Å². The van der Waals surface area contributed by atoms with E-state index in [-0.39, 0.29) is 0 Å². The summed E-state index contributed by atoms with van der Waals surface area (Å²) in [7, 11) is 0. The molecule has 0 nitrogen and oxygen atoms in total. The molecular weight excluding hydrogens is 84.1 g/mol. The number of hydrogen-bond acceptors (Lipinski definition) is 0. The molecule has 0 aliphatic heterocycles. The summed E-state index contributed by atoms with van der Waals surface area (Å²) in [6.45, 7) is 4.60. The highest BCUT2D eigenvalue weighted by Crippen LogP contribution is 2.30.